The van der Waals surface area contributed by atoms with E-state index in [9.17, 15) is 8.42 Å². The number of benzene rings is 2. The molecule has 106 valence electrons. The largest absolute Gasteiger partial charge is 0.397 e. The molecule has 20 heavy (non-hydrogen) atoms. The van der Waals surface area contributed by atoms with Crippen molar-refractivity contribution in [2.24, 2.45) is 0 Å². The number of aryl methyl sites for hydroxylation is 2. The van der Waals surface area contributed by atoms with Crippen LogP contribution in [0.3, 0.4) is 0 Å². The molecule has 0 saturated heterocycles. The van der Waals surface area contributed by atoms with Crippen molar-refractivity contribution >= 4 is 21.4 Å². The summed E-state index contributed by atoms with van der Waals surface area (Å²) in [5.74, 6) is 0.0321. The second kappa shape index (κ2) is 5.96. The molecular weight excluding hydrogens is 272 g/mol. The topological polar surface area (TPSA) is 72.2 Å². The van der Waals surface area contributed by atoms with Crippen LogP contribution in [0.25, 0.3) is 0 Å². The molecule has 0 atom stereocenters. The van der Waals surface area contributed by atoms with Gasteiger partial charge in [-0.3, -0.25) is 4.72 Å². The third-order valence-corrected chi connectivity index (χ3v) is 4.25. The molecule has 0 bridgehead atoms. The maximum atomic E-state index is 12.0. The van der Waals surface area contributed by atoms with Gasteiger partial charge >= 0.3 is 0 Å². The molecule has 0 saturated carbocycles. The van der Waals surface area contributed by atoms with Crippen LogP contribution in [-0.4, -0.2) is 14.2 Å². The van der Waals surface area contributed by atoms with E-state index in [-0.39, 0.29) is 5.75 Å². The van der Waals surface area contributed by atoms with E-state index in [2.05, 4.69) is 4.72 Å². The van der Waals surface area contributed by atoms with Gasteiger partial charge in [0.2, 0.25) is 10.0 Å². The number of nitrogens with one attached hydrogen (secondary N) is 1. The fourth-order valence-electron chi connectivity index (χ4n) is 1.89. The standard InChI is InChI=1S/C15H18N2O2S/c1-12-7-8-15(14(16)11-12)17-20(18,19)10-9-13-5-3-2-4-6-13/h2-8,11,17H,9-10,16H2,1H3. The molecule has 0 aliphatic rings. The zero-order valence-electron chi connectivity index (χ0n) is 11.3. The van der Waals surface area contributed by atoms with E-state index in [0.717, 1.165) is 11.1 Å². The fourth-order valence-corrected chi connectivity index (χ4v) is 3.02. The van der Waals surface area contributed by atoms with Gasteiger partial charge in [-0.1, -0.05) is 36.4 Å². The lowest BCUT2D eigenvalue weighted by atomic mass is 10.2. The van der Waals surface area contributed by atoms with Crippen molar-refractivity contribution in [1.82, 2.24) is 0 Å². The molecule has 0 amide bonds. The minimum absolute atomic E-state index is 0.0321. The van der Waals surface area contributed by atoms with E-state index in [1.54, 1.807) is 12.1 Å². The summed E-state index contributed by atoms with van der Waals surface area (Å²) in [6, 6.07) is 14.8. The van der Waals surface area contributed by atoms with Crippen LogP contribution in [0.5, 0.6) is 0 Å². The summed E-state index contributed by atoms with van der Waals surface area (Å²) in [5, 5.41) is 0. The van der Waals surface area contributed by atoms with Crippen LogP contribution in [0, 0.1) is 6.92 Å². The highest BCUT2D eigenvalue weighted by Crippen LogP contribution is 2.20. The van der Waals surface area contributed by atoms with Crippen LogP contribution in [-0.2, 0) is 16.4 Å². The monoisotopic (exact) mass is 290 g/mol. The Labute approximate surface area is 119 Å². The van der Waals surface area contributed by atoms with Gasteiger partial charge < -0.3 is 5.73 Å². The summed E-state index contributed by atoms with van der Waals surface area (Å²) in [6.07, 6.45) is 0.474. The predicted octanol–water partition coefficient (Wildman–Crippen LogP) is 2.56. The van der Waals surface area contributed by atoms with Gasteiger partial charge in [0, 0.05) is 0 Å². The number of nitrogen functional groups attached to an aromatic ring is 1. The van der Waals surface area contributed by atoms with Crippen molar-refractivity contribution in [2.75, 3.05) is 16.2 Å². The minimum Gasteiger partial charge on any atom is -0.397 e. The van der Waals surface area contributed by atoms with Crippen LogP contribution >= 0.6 is 0 Å². The molecule has 5 heteroatoms. The highest BCUT2D eigenvalue weighted by molar-refractivity contribution is 7.92. The summed E-state index contributed by atoms with van der Waals surface area (Å²) in [6.45, 7) is 1.91. The first-order valence-corrected chi connectivity index (χ1v) is 8.02. The first-order chi connectivity index (χ1) is 9.46. The Balaban J connectivity index is 2.04. The Kier molecular flexibility index (Phi) is 4.29. The molecule has 0 aromatic heterocycles. The zero-order chi connectivity index (χ0) is 14.6. The Morgan fingerprint density at radius 2 is 1.80 bits per heavy atom. The van der Waals surface area contributed by atoms with Crippen molar-refractivity contribution in [2.45, 2.75) is 13.3 Å². The Bertz CT molecular complexity index is 682. The number of sulfonamides is 1. The van der Waals surface area contributed by atoms with E-state index in [1.807, 2.05) is 43.3 Å². The second-order valence-corrected chi connectivity index (χ2v) is 6.59. The van der Waals surface area contributed by atoms with Crippen molar-refractivity contribution in [3.8, 4) is 0 Å². The summed E-state index contributed by atoms with van der Waals surface area (Å²) in [4.78, 5) is 0. The predicted molar refractivity (Wildman–Crippen MR) is 83.1 cm³/mol. The van der Waals surface area contributed by atoms with Crippen molar-refractivity contribution < 1.29 is 8.42 Å². The van der Waals surface area contributed by atoms with Crippen molar-refractivity contribution in [3.05, 3.63) is 59.7 Å². The molecule has 4 nitrogen and oxygen atoms in total. The van der Waals surface area contributed by atoms with E-state index in [0.29, 0.717) is 17.8 Å². The fraction of sp³-hybridized carbons (Fsp3) is 0.200. The number of rotatable bonds is 5. The quantitative estimate of drug-likeness (QED) is 0.831. The third-order valence-electron chi connectivity index (χ3n) is 2.97. The number of nitrogens with two attached hydrogens (primary N) is 1. The van der Waals surface area contributed by atoms with Gasteiger partial charge in [0.25, 0.3) is 0 Å². The van der Waals surface area contributed by atoms with Gasteiger partial charge in [0.05, 0.1) is 17.1 Å². The van der Waals surface area contributed by atoms with Gasteiger partial charge in [-0.15, -0.1) is 0 Å². The lowest BCUT2D eigenvalue weighted by Crippen LogP contribution is -2.19. The van der Waals surface area contributed by atoms with E-state index >= 15 is 0 Å². The Morgan fingerprint density at radius 3 is 2.45 bits per heavy atom. The van der Waals surface area contributed by atoms with E-state index < -0.39 is 10.0 Å². The summed E-state index contributed by atoms with van der Waals surface area (Å²) in [5.41, 5.74) is 8.67. The maximum absolute atomic E-state index is 12.0. The van der Waals surface area contributed by atoms with E-state index in [1.165, 1.54) is 0 Å². The van der Waals surface area contributed by atoms with Crippen LogP contribution in [0.15, 0.2) is 48.5 Å². The van der Waals surface area contributed by atoms with Gasteiger partial charge in [-0.25, -0.2) is 8.42 Å². The third kappa shape index (κ3) is 3.99. The number of hydrogen-bond donors (Lipinski definition) is 2. The summed E-state index contributed by atoms with van der Waals surface area (Å²) >= 11 is 0. The molecular formula is C15H18N2O2S. The molecule has 0 radical (unpaired) electrons. The molecule has 2 aromatic rings. The van der Waals surface area contributed by atoms with Gasteiger partial charge in [-0.05, 0) is 36.6 Å². The molecule has 3 N–H and O–H groups in total. The smallest absolute Gasteiger partial charge is 0.233 e. The first-order valence-electron chi connectivity index (χ1n) is 6.37. The summed E-state index contributed by atoms with van der Waals surface area (Å²) < 4.78 is 26.6. The molecule has 0 fully saturated rings. The van der Waals surface area contributed by atoms with Gasteiger partial charge in [0.1, 0.15) is 0 Å². The normalized spacial score (nSPS) is 11.2. The lowest BCUT2D eigenvalue weighted by molar-refractivity contribution is 0.600. The Hall–Kier alpha value is -2.01. The van der Waals surface area contributed by atoms with Crippen LogP contribution in [0.1, 0.15) is 11.1 Å². The lowest BCUT2D eigenvalue weighted by Gasteiger charge is -2.11. The molecule has 0 unspecified atom stereocenters. The highest BCUT2D eigenvalue weighted by atomic mass is 32.2. The summed E-state index contributed by atoms with van der Waals surface area (Å²) in [7, 11) is -3.40. The molecule has 0 aliphatic carbocycles. The molecule has 0 spiro atoms. The zero-order valence-corrected chi connectivity index (χ0v) is 12.2. The average molecular weight is 290 g/mol. The average Bonchev–Trinajstić information content (AvgIpc) is 2.41. The van der Waals surface area contributed by atoms with Crippen LogP contribution in [0.4, 0.5) is 11.4 Å². The van der Waals surface area contributed by atoms with E-state index in [4.69, 9.17) is 5.73 Å². The molecule has 0 heterocycles. The minimum atomic E-state index is -3.40. The van der Waals surface area contributed by atoms with Crippen LogP contribution < -0.4 is 10.5 Å². The highest BCUT2D eigenvalue weighted by Gasteiger charge is 2.12. The second-order valence-electron chi connectivity index (χ2n) is 4.75. The maximum Gasteiger partial charge on any atom is 0.233 e. The Morgan fingerprint density at radius 1 is 1.10 bits per heavy atom. The van der Waals surface area contributed by atoms with Crippen molar-refractivity contribution in [1.29, 1.82) is 0 Å². The molecule has 2 aromatic carbocycles. The number of hydrogen-bond acceptors (Lipinski definition) is 3. The van der Waals surface area contributed by atoms with Gasteiger partial charge in [-0.2, -0.15) is 0 Å². The molecule has 0 aliphatic heterocycles. The van der Waals surface area contributed by atoms with Crippen molar-refractivity contribution in [3.63, 3.8) is 0 Å². The number of anilines is 2. The molecule has 2 rings (SSSR count). The van der Waals surface area contributed by atoms with Crippen LogP contribution in [0.2, 0.25) is 0 Å². The first kappa shape index (κ1) is 14.4. The SMILES string of the molecule is Cc1ccc(NS(=O)(=O)CCc2ccccc2)c(N)c1. The van der Waals surface area contributed by atoms with Gasteiger partial charge in [0.15, 0.2) is 0 Å².